The Kier molecular flexibility index (Phi) is 5.73. The van der Waals surface area contributed by atoms with Gasteiger partial charge in [-0.3, -0.25) is 9.48 Å². The van der Waals surface area contributed by atoms with Crippen LogP contribution in [0.2, 0.25) is 5.02 Å². The van der Waals surface area contributed by atoms with Crippen molar-refractivity contribution in [2.75, 3.05) is 5.32 Å². The predicted molar refractivity (Wildman–Crippen MR) is 91.3 cm³/mol. The molecule has 2 rings (SSSR count). The number of nitriles is 1. The molecule has 1 aromatic carbocycles. The maximum absolute atomic E-state index is 12.8. The lowest BCUT2D eigenvalue weighted by molar-refractivity contribution is -0.137. The molecule has 0 atom stereocenters. The average Bonchev–Trinajstić information content (AvgIpc) is 2.93. The maximum Gasteiger partial charge on any atom is 0.416 e. The van der Waals surface area contributed by atoms with Crippen molar-refractivity contribution in [3.63, 3.8) is 0 Å². The Bertz CT molecular complexity index is 910. The third kappa shape index (κ3) is 4.24. The first-order chi connectivity index (χ1) is 12.2. The maximum atomic E-state index is 12.8. The van der Waals surface area contributed by atoms with Gasteiger partial charge in [0.05, 0.1) is 22.5 Å². The van der Waals surface area contributed by atoms with E-state index >= 15 is 0 Å². The van der Waals surface area contributed by atoms with Crippen LogP contribution in [0.15, 0.2) is 30.0 Å². The van der Waals surface area contributed by atoms with Crippen molar-refractivity contribution in [1.82, 2.24) is 9.78 Å². The van der Waals surface area contributed by atoms with Crippen LogP contribution in [0.25, 0.3) is 6.08 Å². The molecule has 0 bridgehead atoms. The second-order valence-corrected chi connectivity index (χ2v) is 5.72. The van der Waals surface area contributed by atoms with Crippen LogP contribution < -0.4 is 5.32 Å². The molecule has 0 aliphatic heterocycles. The number of alkyl halides is 3. The third-order valence-corrected chi connectivity index (χ3v) is 3.98. The summed E-state index contributed by atoms with van der Waals surface area (Å²) in [6.07, 6.45) is -1.75. The zero-order valence-corrected chi connectivity index (χ0v) is 14.6. The number of halogens is 4. The number of carbonyl (C=O) groups is 1. The second kappa shape index (κ2) is 7.62. The van der Waals surface area contributed by atoms with Crippen LogP contribution in [0.5, 0.6) is 0 Å². The Hall–Kier alpha value is -2.79. The highest BCUT2D eigenvalue weighted by Crippen LogP contribution is 2.34. The summed E-state index contributed by atoms with van der Waals surface area (Å²) in [5.74, 6) is -0.864. The van der Waals surface area contributed by atoms with E-state index in [1.165, 1.54) is 12.3 Å². The van der Waals surface area contributed by atoms with Crippen molar-refractivity contribution in [3.05, 3.63) is 51.8 Å². The number of hydrogen-bond donors (Lipinski definition) is 1. The smallest absolute Gasteiger partial charge is 0.320 e. The molecule has 0 fully saturated rings. The standard InChI is InChI=1S/C17H14ClF3N4O/c1-3-25-10(2)12(9-23-25)6-11(8-22)16(26)24-15-7-13(17(19,20)21)4-5-14(15)18/h4-7,9H,3H2,1-2H3,(H,24,26)/b11-6+. The Morgan fingerprint density at radius 3 is 2.69 bits per heavy atom. The number of anilines is 1. The molecular formula is C17H14ClF3N4O. The lowest BCUT2D eigenvalue weighted by atomic mass is 10.1. The molecule has 1 N–H and O–H groups in total. The number of nitrogens with one attached hydrogen (secondary N) is 1. The molecule has 2 aromatic rings. The van der Waals surface area contributed by atoms with E-state index in [2.05, 4.69) is 10.4 Å². The van der Waals surface area contributed by atoms with Gasteiger partial charge in [0.2, 0.25) is 0 Å². The van der Waals surface area contributed by atoms with Crippen molar-refractivity contribution >= 4 is 29.3 Å². The van der Waals surface area contributed by atoms with Gasteiger partial charge in [-0.1, -0.05) is 11.6 Å². The van der Waals surface area contributed by atoms with Gasteiger partial charge in [-0.05, 0) is 38.1 Å². The minimum absolute atomic E-state index is 0.0707. The second-order valence-electron chi connectivity index (χ2n) is 5.32. The van der Waals surface area contributed by atoms with Crippen LogP contribution in [-0.4, -0.2) is 15.7 Å². The molecule has 1 amide bonds. The monoisotopic (exact) mass is 382 g/mol. The predicted octanol–water partition coefficient (Wildman–Crippen LogP) is 4.43. The van der Waals surface area contributed by atoms with Crippen LogP contribution in [-0.2, 0) is 17.5 Å². The fraction of sp³-hybridized carbons (Fsp3) is 0.235. The van der Waals surface area contributed by atoms with Gasteiger partial charge in [0.1, 0.15) is 11.6 Å². The normalized spacial score (nSPS) is 12.0. The number of hydrogen-bond acceptors (Lipinski definition) is 3. The van der Waals surface area contributed by atoms with Crippen LogP contribution >= 0.6 is 11.6 Å². The molecule has 0 spiro atoms. The summed E-state index contributed by atoms with van der Waals surface area (Å²) in [6.45, 7) is 4.29. The summed E-state index contributed by atoms with van der Waals surface area (Å²) in [7, 11) is 0. The zero-order valence-electron chi connectivity index (χ0n) is 13.9. The van der Waals surface area contributed by atoms with Gasteiger partial charge in [0.15, 0.2) is 0 Å². The number of rotatable bonds is 4. The van der Waals surface area contributed by atoms with Gasteiger partial charge < -0.3 is 5.32 Å². The van der Waals surface area contributed by atoms with E-state index in [4.69, 9.17) is 11.6 Å². The minimum Gasteiger partial charge on any atom is -0.320 e. The number of benzene rings is 1. The van der Waals surface area contributed by atoms with E-state index in [0.29, 0.717) is 12.1 Å². The van der Waals surface area contributed by atoms with Gasteiger partial charge in [0, 0.05) is 17.8 Å². The Balaban J connectivity index is 2.32. The number of nitrogens with zero attached hydrogens (tertiary/aromatic N) is 3. The summed E-state index contributed by atoms with van der Waals surface area (Å²) in [5.41, 5.74) is -0.149. The summed E-state index contributed by atoms with van der Waals surface area (Å²) >= 11 is 5.85. The van der Waals surface area contributed by atoms with Gasteiger partial charge in [-0.15, -0.1) is 0 Å². The fourth-order valence-corrected chi connectivity index (χ4v) is 2.38. The molecule has 0 saturated carbocycles. The fourth-order valence-electron chi connectivity index (χ4n) is 2.21. The summed E-state index contributed by atoms with van der Waals surface area (Å²) in [4.78, 5) is 12.3. The largest absolute Gasteiger partial charge is 0.416 e. The van der Waals surface area contributed by atoms with E-state index in [-0.39, 0.29) is 16.3 Å². The SMILES string of the molecule is CCn1ncc(/C=C(\C#N)C(=O)Nc2cc(C(F)(F)F)ccc2Cl)c1C. The van der Waals surface area contributed by atoms with Crippen molar-refractivity contribution < 1.29 is 18.0 Å². The zero-order chi connectivity index (χ0) is 19.5. The highest BCUT2D eigenvalue weighted by Gasteiger charge is 2.31. The van der Waals surface area contributed by atoms with Crippen LogP contribution in [0, 0.1) is 18.3 Å². The van der Waals surface area contributed by atoms with Gasteiger partial charge in [-0.2, -0.15) is 23.5 Å². The molecule has 26 heavy (non-hydrogen) atoms. The topological polar surface area (TPSA) is 70.7 Å². The lowest BCUT2D eigenvalue weighted by Gasteiger charge is -2.11. The van der Waals surface area contributed by atoms with Crippen molar-refractivity contribution in [2.24, 2.45) is 0 Å². The molecule has 0 aliphatic rings. The summed E-state index contributed by atoms with van der Waals surface area (Å²) in [6, 6.07) is 4.29. The van der Waals surface area contributed by atoms with E-state index < -0.39 is 17.6 Å². The van der Waals surface area contributed by atoms with E-state index in [1.54, 1.807) is 17.7 Å². The van der Waals surface area contributed by atoms with E-state index in [9.17, 15) is 23.2 Å². The minimum atomic E-state index is -4.58. The van der Waals surface area contributed by atoms with Gasteiger partial charge >= 0.3 is 6.18 Å². The Labute approximate surface area is 152 Å². The Morgan fingerprint density at radius 1 is 1.46 bits per heavy atom. The average molecular weight is 383 g/mol. The number of carbonyl (C=O) groups excluding carboxylic acids is 1. The lowest BCUT2D eigenvalue weighted by Crippen LogP contribution is -2.15. The highest BCUT2D eigenvalue weighted by atomic mass is 35.5. The molecule has 0 saturated heterocycles. The molecule has 0 unspecified atom stereocenters. The molecule has 9 heteroatoms. The van der Waals surface area contributed by atoms with E-state index in [0.717, 1.165) is 23.9 Å². The van der Waals surface area contributed by atoms with Gasteiger partial charge in [-0.25, -0.2) is 0 Å². The highest BCUT2D eigenvalue weighted by molar-refractivity contribution is 6.34. The first-order valence-electron chi connectivity index (χ1n) is 7.49. The van der Waals surface area contributed by atoms with Crippen LogP contribution in [0.4, 0.5) is 18.9 Å². The molecule has 1 aromatic heterocycles. The first-order valence-corrected chi connectivity index (χ1v) is 7.87. The van der Waals surface area contributed by atoms with Crippen LogP contribution in [0.1, 0.15) is 23.7 Å². The molecule has 5 nitrogen and oxygen atoms in total. The quantitative estimate of drug-likeness (QED) is 0.628. The van der Waals surface area contributed by atoms with Crippen molar-refractivity contribution in [2.45, 2.75) is 26.6 Å². The molecule has 136 valence electrons. The number of aryl methyl sites for hydroxylation is 1. The molecular weight excluding hydrogens is 369 g/mol. The van der Waals surface area contributed by atoms with Crippen molar-refractivity contribution in [3.8, 4) is 6.07 Å². The summed E-state index contributed by atoms with van der Waals surface area (Å²) in [5, 5.41) is 15.5. The van der Waals surface area contributed by atoms with E-state index in [1.807, 2.05) is 6.92 Å². The molecule has 0 aliphatic carbocycles. The molecule has 0 radical (unpaired) electrons. The third-order valence-electron chi connectivity index (χ3n) is 3.65. The van der Waals surface area contributed by atoms with Crippen molar-refractivity contribution in [1.29, 1.82) is 5.26 Å². The molecule has 1 heterocycles. The number of aromatic nitrogens is 2. The van der Waals surface area contributed by atoms with Gasteiger partial charge in [0.25, 0.3) is 5.91 Å². The Morgan fingerprint density at radius 2 is 2.15 bits per heavy atom. The summed E-state index contributed by atoms with van der Waals surface area (Å²) < 4.78 is 40.1. The first kappa shape index (κ1) is 19.5. The van der Waals surface area contributed by atoms with Crippen LogP contribution in [0.3, 0.4) is 0 Å². The number of amides is 1.